The molecular weight excluding hydrogens is 463 g/mol. The van der Waals surface area contributed by atoms with E-state index in [1.165, 1.54) is 6.07 Å². The van der Waals surface area contributed by atoms with Gasteiger partial charge in [0.2, 0.25) is 0 Å². The Morgan fingerprint density at radius 3 is 2.43 bits per heavy atom. The van der Waals surface area contributed by atoms with Crippen molar-refractivity contribution in [3.05, 3.63) is 83.0 Å². The molecule has 0 bridgehead atoms. The van der Waals surface area contributed by atoms with Crippen molar-refractivity contribution >= 4 is 33.6 Å². The van der Waals surface area contributed by atoms with Gasteiger partial charge in [0.25, 0.3) is 0 Å². The smallest absolute Gasteiger partial charge is 0.434 e. The highest BCUT2D eigenvalue weighted by Gasteiger charge is 2.41. The second-order valence-corrected chi connectivity index (χ2v) is 7.84. The Labute approximate surface area is 195 Å². The van der Waals surface area contributed by atoms with E-state index in [4.69, 9.17) is 4.74 Å². The summed E-state index contributed by atoms with van der Waals surface area (Å²) in [6, 6.07) is 15.2. The van der Waals surface area contributed by atoms with Crippen molar-refractivity contribution in [2.24, 2.45) is 0 Å². The standard InChI is InChI=1S/C25H16F3N3O4/c1-35-15-7-5-14(6-8-15)12-30-20-10-9-19(16-3-2-4-17(22(16)20)21(30)13-32)31-23(25(26,27)28)18(11-29-31)24(33)34/h2-11H,12H2,1H3,(H,33,34). The molecule has 5 aromatic rings. The van der Waals surface area contributed by atoms with Gasteiger partial charge in [0.15, 0.2) is 11.6 Å². The third kappa shape index (κ3) is 3.51. The minimum atomic E-state index is -4.96. The van der Waals surface area contributed by atoms with Crippen molar-refractivity contribution in [3.63, 3.8) is 0 Å². The van der Waals surface area contributed by atoms with Crippen LogP contribution in [0.1, 0.15) is 21.6 Å². The highest BCUT2D eigenvalue weighted by molar-refractivity contribution is 6.13. The Bertz CT molecular complexity index is 1680. The number of carbonyl (C=O) groups is 1. The van der Waals surface area contributed by atoms with Crippen LogP contribution < -0.4 is 10.1 Å². The van der Waals surface area contributed by atoms with Crippen molar-refractivity contribution in [1.29, 1.82) is 0 Å². The summed E-state index contributed by atoms with van der Waals surface area (Å²) in [6.45, 7) is 0.316. The summed E-state index contributed by atoms with van der Waals surface area (Å²) in [5.74, 6) is 0.913. The third-order valence-corrected chi connectivity index (χ3v) is 5.90. The number of methoxy groups -OCH3 is 1. The second kappa shape index (κ2) is 8.03. The molecule has 10 heteroatoms. The maximum atomic E-state index is 13.8. The average Bonchev–Trinajstić information content (AvgIpc) is 3.41. The van der Waals surface area contributed by atoms with E-state index in [1.54, 1.807) is 48.1 Å². The summed E-state index contributed by atoms with van der Waals surface area (Å²) < 4.78 is 49.0. The molecule has 0 atom stereocenters. The van der Waals surface area contributed by atoms with E-state index in [1.807, 2.05) is 18.1 Å². The van der Waals surface area contributed by atoms with Crippen LogP contribution in [0.2, 0.25) is 0 Å². The minimum Gasteiger partial charge on any atom is -0.497 e. The number of halogens is 3. The summed E-state index contributed by atoms with van der Waals surface area (Å²) >= 11 is 0. The van der Waals surface area contributed by atoms with Crippen LogP contribution in [0.5, 0.6) is 5.75 Å². The number of rotatable bonds is 5. The van der Waals surface area contributed by atoms with E-state index in [0.717, 1.165) is 5.56 Å². The predicted molar refractivity (Wildman–Crippen MR) is 121 cm³/mol. The first-order valence-electron chi connectivity index (χ1n) is 10.3. The molecule has 5 rings (SSSR count). The van der Waals surface area contributed by atoms with Crippen LogP contribution in [0.15, 0.2) is 60.8 Å². The monoisotopic (exact) mass is 479 g/mol. The number of alkyl halides is 3. The number of carbonyl (C=O) groups excluding carboxylic acids is 1. The molecule has 0 spiro atoms. The highest BCUT2D eigenvalue weighted by Crippen LogP contribution is 2.37. The van der Waals surface area contributed by atoms with Gasteiger partial charge in [-0.1, -0.05) is 30.3 Å². The van der Waals surface area contributed by atoms with Gasteiger partial charge in [-0.15, -0.1) is 0 Å². The van der Waals surface area contributed by atoms with Crippen LogP contribution in [0.4, 0.5) is 13.2 Å². The van der Waals surface area contributed by atoms with Crippen LogP contribution >= 0.6 is 0 Å². The molecule has 0 radical (unpaired) electrons. The summed E-state index contributed by atoms with van der Waals surface area (Å²) in [5, 5.41) is 14.7. The van der Waals surface area contributed by atoms with Gasteiger partial charge in [-0.25, -0.2) is 14.3 Å². The fourth-order valence-corrected chi connectivity index (χ4v) is 4.39. The molecule has 0 aliphatic rings. The van der Waals surface area contributed by atoms with Gasteiger partial charge in [-0.05, 0) is 29.8 Å². The molecule has 2 aromatic heterocycles. The highest BCUT2D eigenvalue weighted by atomic mass is 19.4. The van der Waals surface area contributed by atoms with Crippen LogP contribution in [0.3, 0.4) is 0 Å². The number of carboxylic acid groups (broad SMARTS) is 1. The number of carboxylic acids is 1. The van der Waals surface area contributed by atoms with E-state index in [2.05, 4.69) is 5.10 Å². The molecule has 0 aliphatic carbocycles. The minimum absolute atomic E-state index is 0.0435. The zero-order chi connectivity index (χ0) is 24.9. The van der Waals surface area contributed by atoms with Crippen molar-refractivity contribution in [2.45, 2.75) is 12.7 Å². The second-order valence-electron chi connectivity index (χ2n) is 7.84. The lowest BCUT2D eigenvalue weighted by molar-refractivity contribution is -0.143. The predicted octanol–water partition coefficient (Wildman–Crippen LogP) is 3.98. The molecule has 35 heavy (non-hydrogen) atoms. The van der Waals surface area contributed by atoms with Crippen molar-refractivity contribution in [1.82, 2.24) is 14.3 Å². The topological polar surface area (TPSA) is 86.4 Å². The molecule has 2 heterocycles. The summed E-state index contributed by atoms with van der Waals surface area (Å²) in [4.78, 5) is 23.4. The molecular formula is C25H16F3N3O4. The van der Waals surface area contributed by atoms with Crippen molar-refractivity contribution in [2.75, 3.05) is 7.11 Å². The zero-order valence-corrected chi connectivity index (χ0v) is 18.1. The van der Waals surface area contributed by atoms with E-state index in [0.29, 0.717) is 44.8 Å². The molecule has 0 fully saturated rings. The number of aromatic nitrogens is 3. The fraction of sp³-hybridized carbons (Fsp3) is 0.120. The first-order chi connectivity index (χ1) is 16.7. The number of aromatic carboxylic acids is 1. The molecule has 176 valence electrons. The first kappa shape index (κ1) is 22.2. The van der Waals surface area contributed by atoms with Crippen LogP contribution in [0, 0.1) is 0 Å². The lowest BCUT2D eigenvalue weighted by Gasteiger charge is -2.14. The molecule has 7 nitrogen and oxygen atoms in total. The number of hydrogen-bond donors (Lipinski definition) is 1. The van der Waals surface area contributed by atoms with E-state index >= 15 is 0 Å². The first-order valence-corrected chi connectivity index (χ1v) is 10.3. The van der Waals surface area contributed by atoms with E-state index in [-0.39, 0.29) is 11.0 Å². The fourth-order valence-electron chi connectivity index (χ4n) is 4.39. The largest absolute Gasteiger partial charge is 0.497 e. The van der Waals surface area contributed by atoms with Gasteiger partial charge in [-0.2, -0.15) is 18.3 Å². The van der Waals surface area contributed by atoms with Crippen LogP contribution in [0.25, 0.3) is 27.4 Å². The Balaban J connectivity index is 1.77. The summed E-state index contributed by atoms with van der Waals surface area (Å²) in [6.07, 6.45) is -4.28. The molecule has 0 saturated carbocycles. The summed E-state index contributed by atoms with van der Waals surface area (Å²) in [5.41, 5.74) is -0.795. The third-order valence-electron chi connectivity index (χ3n) is 5.90. The van der Waals surface area contributed by atoms with E-state index < -0.39 is 23.4 Å². The number of nitrogens with zero attached hydrogens (tertiary/aromatic N) is 3. The number of ether oxygens (including phenoxy) is 1. The van der Waals surface area contributed by atoms with Crippen molar-refractivity contribution in [3.8, 4) is 11.4 Å². The molecule has 1 N–H and O–H groups in total. The number of benzene rings is 3. The Hall–Kier alpha value is -4.56. The van der Waals surface area contributed by atoms with Gasteiger partial charge in [-0.3, -0.25) is 0 Å². The van der Waals surface area contributed by atoms with Gasteiger partial charge >= 0.3 is 12.1 Å². The lowest BCUT2D eigenvalue weighted by atomic mass is 10.1. The Morgan fingerprint density at radius 1 is 1.09 bits per heavy atom. The Morgan fingerprint density at radius 2 is 1.80 bits per heavy atom. The van der Waals surface area contributed by atoms with Gasteiger partial charge in [0, 0.05) is 22.7 Å². The molecule has 0 aliphatic heterocycles. The SMILES string of the molecule is COc1ccc(Cn2c(=C=O)c3cccc4c(-n5ncc(C(=O)O)c5C(F)(F)F)ccc2c43)cc1. The average molecular weight is 479 g/mol. The van der Waals surface area contributed by atoms with E-state index in [9.17, 15) is 27.9 Å². The molecule has 3 aromatic carbocycles. The molecule has 0 amide bonds. The van der Waals surface area contributed by atoms with Crippen LogP contribution in [-0.2, 0) is 17.5 Å². The van der Waals surface area contributed by atoms with Crippen molar-refractivity contribution < 1.29 is 32.6 Å². The maximum absolute atomic E-state index is 13.8. The van der Waals surface area contributed by atoms with Gasteiger partial charge in [0.1, 0.15) is 16.7 Å². The number of hydrogen-bond acceptors (Lipinski definition) is 4. The zero-order valence-electron chi connectivity index (χ0n) is 18.1. The maximum Gasteiger partial charge on any atom is 0.434 e. The van der Waals surface area contributed by atoms with Gasteiger partial charge in [0.05, 0.1) is 24.5 Å². The van der Waals surface area contributed by atoms with Gasteiger partial charge < -0.3 is 14.4 Å². The quantitative estimate of drug-likeness (QED) is 0.412. The lowest BCUT2D eigenvalue weighted by Crippen LogP contribution is -2.18. The van der Waals surface area contributed by atoms with Crippen LogP contribution in [-0.4, -0.2) is 38.5 Å². The molecule has 0 unspecified atom stereocenters. The summed E-state index contributed by atoms with van der Waals surface area (Å²) in [7, 11) is 1.56. The normalized spacial score (nSPS) is 11.8. The molecule has 0 saturated heterocycles. The Kier molecular flexibility index (Phi) is 5.11.